The predicted octanol–water partition coefficient (Wildman–Crippen LogP) is 0.594. The third-order valence-corrected chi connectivity index (χ3v) is 3.01. The molecule has 1 fully saturated rings. The zero-order valence-electron chi connectivity index (χ0n) is 11.5. The maximum atomic E-state index is 10.1. The van der Waals surface area contributed by atoms with Crippen molar-refractivity contribution in [1.29, 1.82) is 0 Å². The van der Waals surface area contributed by atoms with Gasteiger partial charge in [0.05, 0.1) is 12.2 Å². The summed E-state index contributed by atoms with van der Waals surface area (Å²) in [7, 11) is 0. The number of aromatic nitrogens is 3. The standard InChI is InChI=1S/C12H21N5O2/c1-3-7-19-11-15-9(13)14-10(16-11)17-6-4-5-12(2,18)8-17/h18H,3-8H2,1-2H3,(H2,13,14,15,16). The summed E-state index contributed by atoms with van der Waals surface area (Å²) in [6.45, 7) is 5.66. The fraction of sp³-hybridized carbons (Fsp3) is 0.750. The molecule has 1 saturated heterocycles. The molecule has 19 heavy (non-hydrogen) atoms. The van der Waals surface area contributed by atoms with Crippen LogP contribution in [-0.4, -0.2) is 45.4 Å². The molecule has 0 aliphatic carbocycles. The highest BCUT2D eigenvalue weighted by molar-refractivity contribution is 5.37. The molecule has 0 aromatic carbocycles. The Balaban J connectivity index is 2.16. The molecule has 1 atom stereocenters. The van der Waals surface area contributed by atoms with Crippen molar-refractivity contribution >= 4 is 11.9 Å². The van der Waals surface area contributed by atoms with E-state index in [9.17, 15) is 5.11 Å². The first-order chi connectivity index (χ1) is 9.00. The zero-order chi connectivity index (χ0) is 13.9. The van der Waals surface area contributed by atoms with Gasteiger partial charge in [-0.25, -0.2) is 0 Å². The minimum atomic E-state index is -0.718. The molecule has 1 aliphatic rings. The van der Waals surface area contributed by atoms with E-state index in [2.05, 4.69) is 15.0 Å². The number of ether oxygens (including phenoxy) is 1. The van der Waals surface area contributed by atoms with E-state index in [1.165, 1.54) is 0 Å². The van der Waals surface area contributed by atoms with Gasteiger partial charge in [0.25, 0.3) is 0 Å². The topological polar surface area (TPSA) is 97.4 Å². The van der Waals surface area contributed by atoms with E-state index >= 15 is 0 Å². The van der Waals surface area contributed by atoms with E-state index in [4.69, 9.17) is 10.5 Å². The Morgan fingerprint density at radius 1 is 1.42 bits per heavy atom. The van der Waals surface area contributed by atoms with Crippen LogP contribution in [0.3, 0.4) is 0 Å². The van der Waals surface area contributed by atoms with E-state index in [-0.39, 0.29) is 12.0 Å². The van der Waals surface area contributed by atoms with Gasteiger partial charge in [0.1, 0.15) is 0 Å². The molecular formula is C12H21N5O2. The first-order valence-electron chi connectivity index (χ1n) is 6.62. The zero-order valence-corrected chi connectivity index (χ0v) is 11.5. The van der Waals surface area contributed by atoms with Gasteiger partial charge < -0.3 is 20.5 Å². The Morgan fingerprint density at radius 2 is 2.21 bits per heavy atom. The monoisotopic (exact) mass is 267 g/mol. The second-order valence-corrected chi connectivity index (χ2v) is 5.15. The third kappa shape index (κ3) is 3.66. The Hall–Kier alpha value is -1.63. The van der Waals surface area contributed by atoms with Crippen LogP contribution in [-0.2, 0) is 0 Å². The fourth-order valence-electron chi connectivity index (χ4n) is 2.15. The van der Waals surface area contributed by atoms with Gasteiger partial charge in [-0.1, -0.05) is 6.92 Å². The van der Waals surface area contributed by atoms with Crippen molar-refractivity contribution in [2.75, 3.05) is 30.3 Å². The first-order valence-corrected chi connectivity index (χ1v) is 6.62. The Labute approximate surface area is 112 Å². The molecule has 1 aromatic heterocycles. The van der Waals surface area contributed by atoms with E-state index in [0.29, 0.717) is 19.1 Å². The molecule has 1 aliphatic heterocycles. The molecule has 106 valence electrons. The third-order valence-electron chi connectivity index (χ3n) is 3.01. The van der Waals surface area contributed by atoms with Gasteiger partial charge in [0.15, 0.2) is 0 Å². The van der Waals surface area contributed by atoms with Gasteiger partial charge in [-0.15, -0.1) is 0 Å². The Bertz CT molecular complexity index is 438. The number of hydrogen-bond acceptors (Lipinski definition) is 7. The maximum Gasteiger partial charge on any atom is 0.323 e. The molecule has 0 amide bonds. The molecule has 1 aromatic rings. The number of rotatable bonds is 4. The molecule has 7 nitrogen and oxygen atoms in total. The highest BCUT2D eigenvalue weighted by Crippen LogP contribution is 2.24. The average molecular weight is 267 g/mol. The fourth-order valence-corrected chi connectivity index (χ4v) is 2.15. The summed E-state index contributed by atoms with van der Waals surface area (Å²) in [5, 5.41) is 10.1. The maximum absolute atomic E-state index is 10.1. The predicted molar refractivity (Wildman–Crippen MR) is 72.1 cm³/mol. The number of piperidine rings is 1. The van der Waals surface area contributed by atoms with Crippen molar-refractivity contribution in [3.05, 3.63) is 0 Å². The van der Waals surface area contributed by atoms with E-state index in [1.54, 1.807) is 0 Å². The summed E-state index contributed by atoms with van der Waals surface area (Å²) in [6.07, 6.45) is 2.55. The van der Waals surface area contributed by atoms with Gasteiger partial charge in [0.2, 0.25) is 11.9 Å². The summed E-state index contributed by atoms with van der Waals surface area (Å²) in [5.74, 6) is 0.611. The van der Waals surface area contributed by atoms with Crippen molar-refractivity contribution < 1.29 is 9.84 Å². The molecule has 0 spiro atoms. The van der Waals surface area contributed by atoms with Gasteiger partial charge in [-0.2, -0.15) is 15.0 Å². The summed E-state index contributed by atoms with van der Waals surface area (Å²) in [5.41, 5.74) is 4.96. The lowest BCUT2D eigenvalue weighted by Gasteiger charge is -2.36. The molecule has 2 heterocycles. The van der Waals surface area contributed by atoms with Crippen LogP contribution in [0.1, 0.15) is 33.1 Å². The minimum absolute atomic E-state index is 0.140. The lowest BCUT2D eigenvalue weighted by molar-refractivity contribution is 0.0444. The Kier molecular flexibility index (Phi) is 4.04. The number of aliphatic hydroxyl groups is 1. The quantitative estimate of drug-likeness (QED) is 0.824. The minimum Gasteiger partial charge on any atom is -0.463 e. The van der Waals surface area contributed by atoms with Crippen LogP contribution >= 0.6 is 0 Å². The summed E-state index contributed by atoms with van der Waals surface area (Å²) < 4.78 is 5.39. The lowest BCUT2D eigenvalue weighted by Crippen LogP contribution is -2.46. The number of nitrogen functional groups attached to an aromatic ring is 1. The summed E-state index contributed by atoms with van der Waals surface area (Å²) in [4.78, 5) is 14.2. The van der Waals surface area contributed by atoms with Crippen LogP contribution < -0.4 is 15.4 Å². The number of anilines is 2. The van der Waals surface area contributed by atoms with Crippen LogP contribution in [0.4, 0.5) is 11.9 Å². The van der Waals surface area contributed by atoms with Crippen LogP contribution in [0.2, 0.25) is 0 Å². The first kappa shape index (κ1) is 13.8. The Morgan fingerprint density at radius 3 is 2.89 bits per heavy atom. The van der Waals surface area contributed by atoms with Crippen LogP contribution in [0.5, 0.6) is 6.01 Å². The molecule has 0 bridgehead atoms. The van der Waals surface area contributed by atoms with Crippen LogP contribution in [0, 0.1) is 0 Å². The largest absolute Gasteiger partial charge is 0.463 e. The molecule has 0 saturated carbocycles. The van der Waals surface area contributed by atoms with Gasteiger partial charge >= 0.3 is 6.01 Å². The van der Waals surface area contributed by atoms with Gasteiger partial charge in [-0.3, -0.25) is 0 Å². The van der Waals surface area contributed by atoms with E-state index < -0.39 is 5.60 Å². The number of nitrogens with two attached hydrogens (primary N) is 1. The normalized spacial score (nSPS) is 23.4. The van der Waals surface area contributed by atoms with Gasteiger partial charge in [0, 0.05) is 13.1 Å². The van der Waals surface area contributed by atoms with Crippen molar-refractivity contribution in [3.8, 4) is 6.01 Å². The van der Waals surface area contributed by atoms with E-state index in [1.807, 2.05) is 18.7 Å². The number of hydrogen-bond donors (Lipinski definition) is 2. The molecule has 1 unspecified atom stereocenters. The highest BCUT2D eigenvalue weighted by Gasteiger charge is 2.30. The molecule has 7 heteroatoms. The molecule has 0 radical (unpaired) electrons. The molecule has 2 rings (SSSR count). The molecule has 3 N–H and O–H groups in total. The van der Waals surface area contributed by atoms with Crippen LogP contribution in [0.25, 0.3) is 0 Å². The number of nitrogens with zero attached hydrogens (tertiary/aromatic N) is 4. The highest BCUT2D eigenvalue weighted by atomic mass is 16.5. The second kappa shape index (κ2) is 5.56. The second-order valence-electron chi connectivity index (χ2n) is 5.15. The number of β-amino-alcohol motifs (C(OH)–C–C–N with tert-alkyl or cyclic N) is 1. The van der Waals surface area contributed by atoms with Crippen molar-refractivity contribution in [1.82, 2.24) is 15.0 Å². The summed E-state index contributed by atoms with van der Waals surface area (Å²) >= 11 is 0. The summed E-state index contributed by atoms with van der Waals surface area (Å²) in [6, 6.07) is 0.245. The van der Waals surface area contributed by atoms with Crippen molar-refractivity contribution in [3.63, 3.8) is 0 Å². The van der Waals surface area contributed by atoms with Crippen molar-refractivity contribution in [2.45, 2.75) is 38.7 Å². The average Bonchev–Trinajstić information content (AvgIpc) is 2.34. The lowest BCUT2D eigenvalue weighted by atomic mass is 9.95. The van der Waals surface area contributed by atoms with Gasteiger partial charge in [-0.05, 0) is 26.2 Å². The van der Waals surface area contributed by atoms with E-state index in [0.717, 1.165) is 25.8 Å². The van der Waals surface area contributed by atoms with Crippen LogP contribution in [0.15, 0.2) is 0 Å². The SMILES string of the molecule is CCCOc1nc(N)nc(N2CCCC(C)(O)C2)n1. The smallest absolute Gasteiger partial charge is 0.323 e. The van der Waals surface area contributed by atoms with Crippen molar-refractivity contribution in [2.24, 2.45) is 0 Å². The molecular weight excluding hydrogens is 246 g/mol.